The van der Waals surface area contributed by atoms with Gasteiger partial charge < -0.3 is 9.73 Å². The topological polar surface area (TPSA) is 62.6 Å². The van der Waals surface area contributed by atoms with Gasteiger partial charge in [0, 0.05) is 12.1 Å². The van der Waals surface area contributed by atoms with Crippen LogP contribution in [-0.2, 0) is 16.1 Å². The van der Waals surface area contributed by atoms with E-state index in [1.165, 1.54) is 4.90 Å². The van der Waals surface area contributed by atoms with Crippen LogP contribution in [0, 0.1) is 0 Å². The Labute approximate surface area is 116 Å². The molecule has 0 spiro atoms. The number of para-hydroxylation sites is 1. The second kappa shape index (κ2) is 5.30. The first-order valence-electron chi connectivity index (χ1n) is 6.42. The monoisotopic (exact) mass is 270 g/mol. The Kier molecular flexibility index (Phi) is 3.35. The highest BCUT2D eigenvalue weighted by atomic mass is 16.3. The lowest BCUT2D eigenvalue weighted by atomic mass is 10.2. The van der Waals surface area contributed by atoms with Crippen LogP contribution in [0.3, 0.4) is 0 Å². The minimum absolute atomic E-state index is 0.175. The number of anilines is 1. The molecule has 2 amide bonds. The number of furan rings is 1. The van der Waals surface area contributed by atoms with Crippen molar-refractivity contribution in [3.63, 3.8) is 0 Å². The number of amides is 2. The number of benzene rings is 1. The number of carbonyl (C=O) groups excluding carboxylic acids is 2. The van der Waals surface area contributed by atoms with E-state index in [0.29, 0.717) is 12.2 Å². The molecule has 0 aliphatic carbocycles. The fourth-order valence-corrected chi connectivity index (χ4v) is 2.27. The Hall–Kier alpha value is -2.40. The van der Waals surface area contributed by atoms with Gasteiger partial charge in [-0.15, -0.1) is 0 Å². The standard InChI is InChI=1S/C15H14N2O3/c18-14-8-13(16-9-11-6-7-20-10-11)15(19)17(14)12-4-2-1-3-5-12/h1-7,10,13,16H,8-9H2. The molecule has 1 atom stereocenters. The van der Waals surface area contributed by atoms with Gasteiger partial charge >= 0.3 is 0 Å². The van der Waals surface area contributed by atoms with Crippen molar-refractivity contribution in [1.29, 1.82) is 0 Å². The zero-order valence-corrected chi connectivity index (χ0v) is 10.8. The highest BCUT2D eigenvalue weighted by Gasteiger charge is 2.39. The normalized spacial score (nSPS) is 18.8. The molecule has 0 saturated carbocycles. The van der Waals surface area contributed by atoms with E-state index in [9.17, 15) is 9.59 Å². The van der Waals surface area contributed by atoms with E-state index < -0.39 is 6.04 Å². The number of nitrogens with zero attached hydrogens (tertiary/aromatic N) is 1. The smallest absolute Gasteiger partial charge is 0.251 e. The molecule has 5 nitrogen and oxygen atoms in total. The van der Waals surface area contributed by atoms with E-state index >= 15 is 0 Å². The maximum atomic E-state index is 12.3. The largest absolute Gasteiger partial charge is 0.472 e. The summed E-state index contributed by atoms with van der Waals surface area (Å²) in [4.78, 5) is 25.5. The van der Waals surface area contributed by atoms with Crippen molar-refractivity contribution in [2.24, 2.45) is 0 Å². The van der Waals surface area contributed by atoms with Crippen LogP contribution in [0.4, 0.5) is 5.69 Å². The van der Waals surface area contributed by atoms with E-state index in [4.69, 9.17) is 4.42 Å². The molecule has 1 aromatic heterocycles. The Bertz CT molecular complexity index is 607. The predicted octanol–water partition coefficient (Wildman–Crippen LogP) is 1.70. The van der Waals surface area contributed by atoms with Crippen LogP contribution in [0.2, 0.25) is 0 Å². The van der Waals surface area contributed by atoms with Gasteiger partial charge in [-0.1, -0.05) is 18.2 Å². The lowest BCUT2D eigenvalue weighted by Crippen LogP contribution is -2.38. The van der Waals surface area contributed by atoms with Gasteiger partial charge in [-0.25, -0.2) is 4.90 Å². The predicted molar refractivity (Wildman–Crippen MR) is 72.9 cm³/mol. The molecule has 1 aromatic carbocycles. The number of carbonyl (C=O) groups is 2. The zero-order valence-electron chi connectivity index (χ0n) is 10.8. The third-order valence-corrected chi connectivity index (χ3v) is 3.29. The minimum Gasteiger partial charge on any atom is -0.472 e. The van der Waals surface area contributed by atoms with Crippen LogP contribution >= 0.6 is 0 Å². The summed E-state index contributed by atoms with van der Waals surface area (Å²) < 4.78 is 4.97. The van der Waals surface area contributed by atoms with Crippen molar-refractivity contribution in [1.82, 2.24) is 5.32 Å². The molecule has 0 radical (unpaired) electrons. The average Bonchev–Trinajstić information content (AvgIpc) is 3.06. The highest BCUT2D eigenvalue weighted by molar-refractivity contribution is 6.22. The quantitative estimate of drug-likeness (QED) is 0.859. The summed E-state index contributed by atoms with van der Waals surface area (Å²) in [7, 11) is 0. The summed E-state index contributed by atoms with van der Waals surface area (Å²) in [5.41, 5.74) is 1.57. The molecule has 5 heteroatoms. The average molecular weight is 270 g/mol. The number of imide groups is 1. The van der Waals surface area contributed by atoms with Gasteiger partial charge in [-0.05, 0) is 18.2 Å². The lowest BCUT2D eigenvalue weighted by Gasteiger charge is -2.15. The molecule has 20 heavy (non-hydrogen) atoms. The van der Waals surface area contributed by atoms with Crippen molar-refractivity contribution in [2.45, 2.75) is 19.0 Å². The summed E-state index contributed by atoms with van der Waals surface area (Å²) in [6.07, 6.45) is 3.38. The first-order valence-corrected chi connectivity index (χ1v) is 6.42. The van der Waals surface area contributed by atoms with Gasteiger partial charge in [0.15, 0.2) is 0 Å². The van der Waals surface area contributed by atoms with Crippen LogP contribution < -0.4 is 10.2 Å². The molecule has 102 valence electrons. The van der Waals surface area contributed by atoms with Crippen molar-refractivity contribution in [2.75, 3.05) is 4.90 Å². The third-order valence-electron chi connectivity index (χ3n) is 3.29. The summed E-state index contributed by atoms with van der Waals surface area (Å²) in [6.45, 7) is 0.503. The van der Waals surface area contributed by atoms with Crippen LogP contribution in [0.5, 0.6) is 0 Å². The van der Waals surface area contributed by atoms with E-state index in [1.807, 2.05) is 24.3 Å². The molecule has 1 fully saturated rings. The Morgan fingerprint density at radius 2 is 2.00 bits per heavy atom. The molecule has 2 aromatic rings. The Morgan fingerprint density at radius 1 is 1.20 bits per heavy atom. The molecule has 0 bridgehead atoms. The molecule has 1 unspecified atom stereocenters. The van der Waals surface area contributed by atoms with Gasteiger partial charge in [0.25, 0.3) is 5.91 Å². The fraction of sp³-hybridized carbons (Fsp3) is 0.200. The lowest BCUT2D eigenvalue weighted by molar-refractivity contribution is -0.121. The molecule has 3 rings (SSSR count). The van der Waals surface area contributed by atoms with Gasteiger partial charge in [-0.2, -0.15) is 0 Å². The molecule has 1 saturated heterocycles. The van der Waals surface area contributed by atoms with Crippen molar-refractivity contribution >= 4 is 17.5 Å². The number of rotatable bonds is 4. The van der Waals surface area contributed by atoms with Gasteiger partial charge in [0.05, 0.1) is 30.7 Å². The summed E-state index contributed by atoms with van der Waals surface area (Å²) in [6, 6.07) is 10.3. The second-order valence-corrected chi connectivity index (χ2v) is 4.67. The van der Waals surface area contributed by atoms with Crippen molar-refractivity contribution < 1.29 is 14.0 Å². The van der Waals surface area contributed by atoms with E-state index in [2.05, 4.69) is 5.32 Å². The third kappa shape index (κ3) is 2.35. The SMILES string of the molecule is O=C1CC(NCc2ccoc2)C(=O)N1c1ccccc1. The summed E-state index contributed by atoms with van der Waals surface area (Å²) >= 11 is 0. The first-order chi connectivity index (χ1) is 9.75. The molecular weight excluding hydrogens is 256 g/mol. The fourth-order valence-electron chi connectivity index (χ4n) is 2.27. The van der Waals surface area contributed by atoms with Crippen LogP contribution in [0.15, 0.2) is 53.3 Å². The van der Waals surface area contributed by atoms with Crippen LogP contribution in [-0.4, -0.2) is 17.9 Å². The van der Waals surface area contributed by atoms with Gasteiger partial charge in [-0.3, -0.25) is 9.59 Å². The first kappa shape index (κ1) is 12.6. The molecule has 2 heterocycles. The van der Waals surface area contributed by atoms with Gasteiger partial charge in [0.1, 0.15) is 0 Å². The van der Waals surface area contributed by atoms with E-state index in [-0.39, 0.29) is 18.2 Å². The Morgan fingerprint density at radius 3 is 2.70 bits per heavy atom. The van der Waals surface area contributed by atoms with E-state index in [1.54, 1.807) is 24.7 Å². The van der Waals surface area contributed by atoms with Crippen LogP contribution in [0.25, 0.3) is 0 Å². The molecular formula is C15H14N2O3. The number of hydrogen-bond acceptors (Lipinski definition) is 4. The summed E-state index contributed by atoms with van der Waals surface area (Å²) in [5, 5.41) is 3.09. The second-order valence-electron chi connectivity index (χ2n) is 4.67. The zero-order chi connectivity index (χ0) is 13.9. The van der Waals surface area contributed by atoms with Crippen molar-refractivity contribution in [3.05, 3.63) is 54.5 Å². The minimum atomic E-state index is -0.474. The number of hydrogen-bond donors (Lipinski definition) is 1. The maximum absolute atomic E-state index is 12.3. The summed E-state index contributed by atoms with van der Waals surface area (Å²) in [5.74, 6) is -0.379. The van der Waals surface area contributed by atoms with E-state index in [0.717, 1.165) is 5.56 Å². The molecule has 1 aliphatic rings. The maximum Gasteiger partial charge on any atom is 0.251 e. The van der Waals surface area contributed by atoms with Gasteiger partial charge in [0.2, 0.25) is 5.91 Å². The molecule has 1 aliphatic heterocycles. The van der Waals surface area contributed by atoms with Crippen molar-refractivity contribution in [3.8, 4) is 0 Å². The number of nitrogens with one attached hydrogen (secondary N) is 1. The molecule has 1 N–H and O–H groups in total. The highest BCUT2D eigenvalue weighted by Crippen LogP contribution is 2.22. The van der Waals surface area contributed by atoms with Crippen LogP contribution in [0.1, 0.15) is 12.0 Å². The Balaban J connectivity index is 1.70.